The van der Waals surface area contributed by atoms with Gasteiger partial charge < -0.3 is 10.1 Å². The summed E-state index contributed by atoms with van der Waals surface area (Å²) in [5.74, 6) is 2.17. The fraction of sp³-hybridized carbons (Fsp3) is 0.733. The summed E-state index contributed by atoms with van der Waals surface area (Å²) in [5, 5.41) is 3.29. The van der Waals surface area contributed by atoms with E-state index >= 15 is 0 Å². The van der Waals surface area contributed by atoms with Gasteiger partial charge in [-0.15, -0.1) is 0 Å². The SMILES string of the molecule is CNCC1CCc2nc(C3CCOC3)nc(C)c2C1. The maximum Gasteiger partial charge on any atom is 0.134 e. The van der Waals surface area contributed by atoms with E-state index in [1.807, 2.05) is 7.05 Å². The molecule has 1 aromatic rings. The Morgan fingerprint density at radius 2 is 2.21 bits per heavy atom. The molecule has 2 aliphatic rings. The second-order valence-electron chi connectivity index (χ2n) is 5.82. The summed E-state index contributed by atoms with van der Waals surface area (Å²) in [6, 6.07) is 0. The smallest absolute Gasteiger partial charge is 0.134 e. The van der Waals surface area contributed by atoms with Gasteiger partial charge in [-0.2, -0.15) is 0 Å². The zero-order chi connectivity index (χ0) is 13.2. The van der Waals surface area contributed by atoms with E-state index in [4.69, 9.17) is 14.7 Å². The van der Waals surface area contributed by atoms with Crippen LogP contribution in [0.4, 0.5) is 0 Å². The van der Waals surface area contributed by atoms with Crippen LogP contribution in [0.5, 0.6) is 0 Å². The molecule has 1 N–H and O–H groups in total. The first-order chi connectivity index (χ1) is 9.28. The van der Waals surface area contributed by atoms with Crippen molar-refractivity contribution in [3.8, 4) is 0 Å². The average Bonchev–Trinajstić information content (AvgIpc) is 2.93. The van der Waals surface area contributed by atoms with Crippen LogP contribution in [0.1, 0.15) is 41.5 Å². The van der Waals surface area contributed by atoms with Gasteiger partial charge in [0.1, 0.15) is 5.82 Å². The highest BCUT2D eigenvalue weighted by Gasteiger charge is 2.26. The van der Waals surface area contributed by atoms with E-state index in [9.17, 15) is 0 Å². The Morgan fingerprint density at radius 1 is 1.32 bits per heavy atom. The number of aromatic nitrogens is 2. The minimum atomic E-state index is 0.416. The Hall–Kier alpha value is -1.00. The number of ether oxygens (including phenoxy) is 1. The summed E-state index contributed by atoms with van der Waals surface area (Å²) < 4.78 is 5.46. The van der Waals surface area contributed by atoms with E-state index in [-0.39, 0.29) is 0 Å². The molecule has 0 aromatic carbocycles. The Morgan fingerprint density at radius 3 is 2.95 bits per heavy atom. The van der Waals surface area contributed by atoms with E-state index in [2.05, 4.69) is 12.2 Å². The minimum absolute atomic E-state index is 0.416. The van der Waals surface area contributed by atoms with Gasteiger partial charge in [-0.3, -0.25) is 0 Å². The number of nitrogens with zero attached hydrogens (tertiary/aromatic N) is 2. The lowest BCUT2D eigenvalue weighted by Gasteiger charge is -2.25. The quantitative estimate of drug-likeness (QED) is 0.898. The van der Waals surface area contributed by atoms with E-state index in [0.29, 0.717) is 5.92 Å². The first-order valence-electron chi connectivity index (χ1n) is 7.36. The number of hydrogen-bond acceptors (Lipinski definition) is 4. The summed E-state index contributed by atoms with van der Waals surface area (Å²) in [6.45, 7) is 4.88. The molecule has 2 atom stereocenters. The molecule has 0 saturated carbocycles. The fourth-order valence-corrected chi connectivity index (χ4v) is 3.27. The summed E-state index contributed by atoms with van der Waals surface area (Å²) in [6.07, 6.45) is 4.54. The zero-order valence-corrected chi connectivity index (χ0v) is 11.9. The van der Waals surface area contributed by atoms with Gasteiger partial charge in [0.05, 0.1) is 6.61 Å². The molecule has 2 heterocycles. The van der Waals surface area contributed by atoms with Gasteiger partial charge in [0, 0.05) is 23.9 Å². The third kappa shape index (κ3) is 2.65. The molecule has 2 unspecified atom stereocenters. The van der Waals surface area contributed by atoms with Gasteiger partial charge in [-0.1, -0.05) is 0 Å². The van der Waals surface area contributed by atoms with Crippen LogP contribution in [0.3, 0.4) is 0 Å². The molecular weight excluding hydrogens is 238 g/mol. The third-order valence-electron chi connectivity index (χ3n) is 4.39. The van der Waals surface area contributed by atoms with Crippen LogP contribution in [-0.4, -0.2) is 36.8 Å². The molecule has 104 valence electrons. The minimum Gasteiger partial charge on any atom is -0.381 e. The van der Waals surface area contributed by atoms with Crippen molar-refractivity contribution in [2.24, 2.45) is 5.92 Å². The maximum absolute atomic E-state index is 5.46. The van der Waals surface area contributed by atoms with Crippen molar-refractivity contribution in [1.29, 1.82) is 0 Å². The van der Waals surface area contributed by atoms with Crippen LogP contribution in [0.2, 0.25) is 0 Å². The molecular formula is C15H23N3O. The number of aryl methyl sites for hydroxylation is 2. The summed E-state index contributed by atoms with van der Waals surface area (Å²) >= 11 is 0. The number of hydrogen-bond donors (Lipinski definition) is 1. The van der Waals surface area contributed by atoms with Crippen LogP contribution in [0, 0.1) is 12.8 Å². The van der Waals surface area contributed by atoms with Crippen LogP contribution >= 0.6 is 0 Å². The monoisotopic (exact) mass is 261 g/mol. The van der Waals surface area contributed by atoms with Gasteiger partial charge in [0.25, 0.3) is 0 Å². The van der Waals surface area contributed by atoms with Crippen molar-refractivity contribution in [1.82, 2.24) is 15.3 Å². The van der Waals surface area contributed by atoms with E-state index < -0.39 is 0 Å². The van der Waals surface area contributed by atoms with Gasteiger partial charge in [0.2, 0.25) is 0 Å². The molecule has 4 heteroatoms. The number of nitrogens with one attached hydrogen (secondary N) is 1. The van der Waals surface area contributed by atoms with E-state index in [1.54, 1.807) is 0 Å². The molecule has 0 radical (unpaired) electrons. The lowest BCUT2D eigenvalue weighted by atomic mass is 9.85. The standard InChI is InChI=1S/C15H23N3O/c1-10-13-7-11(8-16-2)3-4-14(13)18-15(17-10)12-5-6-19-9-12/h11-12,16H,3-9H2,1-2H3. The second-order valence-corrected chi connectivity index (χ2v) is 5.82. The number of fused-ring (bicyclic) bond motifs is 1. The van der Waals surface area contributed by atoms with Crippen molar-refractivity contribution in [2.75, 3.05) is 26.8 Å². The van der Waals surface area contributed by atoms with Gasteiger partial charge >= 0.3 is 0 Å². The highest BCUT2D eigenvalue weighted by atomic mass is 16.5. The van der Waals surface area contributed by atoms with E-state index in [1.165, 1.54) is 23.4 Å². The van der Waals surface area contributed by atoms with Crippen molar-refractivity contribution in [3.63, 3.8) is 0 Å². The van der Waals surface area contributed by atoms with E-state index in [0.717, 1.165) is 50.8 Å². The molecule has 3 rings (SSSR count). The van der Waals surface area contributed by atoms with Gasteiger partial charge in [-0.05, 0) is 57.7 Å². The average molecular weight is 261 g/mol. The Balaban J connectivity index is 1.84. The predicted octanol–water partition coefficient (Wildman–Crippen LogP) is 1.61. The molecule has 1 fully saturated rings. The van der Waals surface area contributed by atoms with Crippen molar-refractivity contribution in [2.45, 2.75) is 38.5 Å². The maximum atomic E-state index is 5.46. The highest BCUT2D eigenvalue weighted by molar-refractivity contribution is 5.29. The molecule has 0 bridgehead atoms. The van der Waals surface area contributed by atoms with Crippen LogP contribution in [0.25, 0.3) is 0 Å². The van der Waals surface area contributed by atoms with Crippen LogP contribution in [0.15, 0.2) is 0 Å². The Bertz CT molecular complexity index is 455. The molecule has 19 heavy (non-hydrogen) atoms. The van der Waals surface area contributed by atoms with Crippen molar-refractivity contribution >= 4 is 0 Å². The normalized spacial score (nSPS) is 26.4. The topological polar surface area (TPSA) is 47.0 Å². The largest absolute Gasteiger partial charge is 0.381 e. The molecule has 1 aliphatic carbocycles. The molecule has 1 aliphatic heterocycles. The summed E-state index contributed by atoms with van der Waals surface area (Å²) in [4.78, 5) is 9.59. The lowest BCUT2D eigenvalue weighted by molar-refractivity contribution is 0.193. The second kappa shape index (κ2) is 5.55. The molecule has 0 spiro atoms. The third-order valence-corrected chi connectivity index (χ3v) is 4.39. The molecule has 1 saturated heterocycles. The lowest BCUT2D eigenvalue weighted by Crippen LogP contribution is -2.27. The highest BCUT2D eigenvalue weighted by Crippen LogP contribution is 2.29. The molecule has 1 aromatic heterocycles. The molecule has 4 nitrogen and oxygen atoms in total. The van der Waals surface area contributed by atoms with Crippen LogP contribution < -0.4 is 5.32 Å². The zero-order valence-electron chi connectivity index (χ0n) is 11.9. The first kappa shape index (κ1) is 13.0. The van der Waals surface area contributed by atoms with Gasteiger partial charge in [0.15, 0.2) is 0 Å². The Labute approximate surface area is 115 Å². The first-order valence-corrected chi connectivity index (χ1v) is 7.36. The van der Waals surface area contributed by atoms with Crippen molar-refractivity contribution in [3.05, 3.63) is 22.8 Å². The summed E-state index contributed by atoms with van der Waals surface area (Å²) in [5.41, 5.74) is 3.88. The number of rotatable bonds is 3. The fourth-order valence-electron chi connectivity index (χ4n) is 3.27. The Kier molecular flexibility index (Phi) is 3.80. The summed E-state index contributed by atoms with van der Waals surface area (Å²) in [7, 11) is 2.03. The van der Waals surface area contributed by atoms with Crippen LogP contribution in [-0.2, 0) is 17.6 Å². The van der Waals surface area contributed by atoms with Gasteiger partial charge in [-0.25, -0.2) is 9.97 Å². The molecule has 0 amide bonds. The predicted molar refractivity (Wildman–Crippen MR) is 74.4 cm³/mol. The van der Waals surface area contributed by atoms with Crippen molar-refractivity contribution < 1.29 is 4.74 Å².